The number of anilines is 1. The minimum absolute atomic E-state index is 0.0571. The van der Waals surface area contributed by atoms with Crippen LogP contribution >= 0.6 is 0 Å². The molecule has 0 radical (unpaired) electrons. The summed E-state index contributed by atoms with van der Waals surface area (Å²) >= 11 is 0. The van der Waals surface area contributed by atoms with Gasteiger partial charge in [-0.05, 0) is 77.2 Å². The number of nitrogens with zero attached hydrogens (tertiary/aromatic N) is 7. The Balaban J connectivity index is 1.12. The van der Waals surface area contributed by atoms with Crippen molar-refractivity contribution in [2.45, 2.75) is 75.7 Å². The van der Waals surface area contributed by atoms with Crippen LogP contribution in [0.2, 0.25) is 0 Å². The number of likely N-dealkylation sites (N-methyl/N-ethyl adjacent to an activating group) is 1. The molecule has 6 rings (SSSR count). The van der Waals surface area contributed by atoms with Gasteiger partial charge in [0.1, 0.15) is 0 Å². The van der Waals surface area contributed by atoms with Crippen LogP contribution in [0.3, 0.4) is 0 Å². The van der Waals surface area contributed by atoms with Crippen molar-refractivity contribution in [3.63, 3.8) is 0 Å². The Morgan fingerprint density at radius 3 is 2.47 bits per heavy atom. The molecule has 2 amide bonds. The number of unbranched alkanes of at least 4 members (excludes halogenated alkanes) is 2. The van der Waals surface area contributed by atoms with E-state index in [1.165, 1.54) is 12.8 Å². The van der Waals surface area contributed by atoms with E-state index >= 15 is 0 Å². The molecule has 0 unspecified atom stereocenters. The van der Waals surface area contributed by atoms with Gasteiger partial charge in [0.15, 0.2) is 11.6 Å². The van der Waals surface area contributed by atoms with E-state index in [9.17, 15) is 4.79 Å². The van der Waals surface area contributed by atoms with Crippen molar-refractivity contribution in [1.82, 2.24) is 30.1 Å². The first kappa shape index (κ1) is 25.0. The van der Waals surface area contributed by atoms with Gasteiger partial charge in [-0.25, -0.2) is 4.79 Å². The maximum Gasteiger partial charge on any atom is 0.324 e. The van der Waals surface area contributed by atoms with Gasteiger partial charge in [0, 0.05) is 55.2 Å². The molecule has 0 spiro atoms. The summed E-state index contributed by atoms with van der Waals surface area (Å²) in [5.41, 5.74) is 1.70. The van der Waals surface area contributed by atoms with Gasteiger partial charge in [-0.15, -0.1) is 0 Å². The molecule has 1 aliphatic heterocycles. The standard InChI is InChI=1S/C28H37N7O3/c1-33(2)23-14-16-34(18-23)28(36)35(15-5-3-4-9-24-29-25(31-37-24)19-10-11-19)22-8-6-7-21(17-22)27-30-26(32-38-27)20-12-13-20/h6-8,17,19-20,23H,3-5,9-16,18H2,1-2H3/t23-/m0/s1. The van der Waals surface area contributed by atoms with Crippen molar-refractivity contribution < 1.29 is 13.8 Å². The fourth-order valence-corrected chi connectivity index (χ4v) is 5.11. The monoisotopic (exact) mass is 519 g/mol. The molecule has 10 heteroatoms. The lowest BCUT2D eigenvalue weighted by Gasteiger charge is -2.29. The van der Waals surface area contributed by atoms with Gasteiger partial charge in [0.25, 0.3) is 5.89 Å². The second-order valence-electron chi connectivity index (χ2n) is 11.2. The molecule has 1 saturated heterocycles. The molecule has 3 aliphatic rings. The van der Waals surface area contributed by atoms with Crippen LogP contribution in [0.5, 0.6) is 0 Å². The quantitative estimate of drug-likeness (QED) is 0.331. The summed E-state index contributed by atoms with van der Waals surface area (Å²) in [6.07, 6.45) is 9.17. The Kier molecular flexibility index (Phi) is 7.14. The largest absolute Gasteiger partial charge is 0.339 e. The van der Waals surface area contributed by atoms with Gasteiger partial charge in [-0.3, -0.25) is 4.90 Å². The van der Waals surface area contributed by atoms with Gasteiger partial charge in [0.05, 0.1) is 0 Å². The SMILES string of the molecule is CN(C)[C@H]1CCN(C(=O)N(CCCCCc2nc(C3CC3)no2)c2cccc(-c3nc(C4CC4)no3)c2)C1. The number of benzene rings is 1. The molecule has 38 heavy (non-hydrogen) atoms. The lowest BCUT2D eigenvalue weighted by molar-refractivity contribution is 0.209. The molecular weight excluding hydrogens is 482 g/mol. The first-order chi connectivity index (χ1) is 18.5. The predicted octanol–water partition coefficient (Wildman–Crippen LogP) is 4.85. The Bertz CT molecular complexity index is 1250. The third-order valence-electron chi connectivity index (χ3n) is 7.88. The molecule has 202 valence electrons. The minimum atomic E-state index is 0.0571. The van der Waals surface area contributed by atoms with Gasteiger partial charge in [-0.2, -0.15) is 9.97 Å². The van der Waals surface area contributed by atoms with Crippen LogP contribution in [-0.4, -0.2) is 75.9 Å². The van der Waals surface area contributed by atoms with Crippen molar-refractivity contribution in [2.75, 3.05) is 38.6 Å². The van der Waals surface area contributed by atoms with Crippen molar-refractivity contribution in [1.29, 1.82) is 0 Å². The van der Waals surface area contributed by atoms with Crippen LogP contribution < -0.4 is 4.90 Å². The molecule has 1 aromatic carbocycles. The van der Waals surface area contributed by atoms with E-state index in [1.54, 1.807) is 0 Å². The average molecular weight is 520 g/mol. The highest BCUT2D eigenvalue weighted by molar-refractivity contribution is 5.92. The number of urea groups is 1. The average Bonchev–Trinajstić information content (AvgIpc) is 3.79. The predicted molar refractivity (Wildman–Crippen MR) is 142 cm³/mol. The number of hydrogen-bond acceptors (Lipinski definition) is 8. The van der Waals surface area contributed by atoms with E-state index in [0.29, 0.717) is 30.3 Å². The summed E-state index contributed by atoms with van der Waals surface area (Å²) in [5.74, 6) is 3.83. The minimum Gasteiger partial charge on any atom is -0.339 e. The molecule has 1 atom stereocenters. The highest BCUT2D eigenvalue weighted by Gasteiger charge is 2.32. The van der Waals surface area contributed by atoms with Crippen molar-refractivity contribution in [3.8, 4) is 11.5 Å². The van der Waals surface area contributed by atoms with Crippen molar-refractivity contribution >= 4 is 11.7 Å². The second-order valence-corrected chi connectivity index (χ2v) is 11.2. The normalized spacial score (nSPS) is 19.4. The Morgan fingerprint density at radius 1 is 0.974 bits per heavy atom. The Morgan fingerprint density at radius 2 is 1.74 bits per heavy atom. The van der Waals surface area contributed by atoms with Gasteiger partial charge in [0.2, 0.25) is 5.89 Å². The molecule has 2 aliphatic carbocycles. The summed E-state index contributed by atoms with van der Waals surface area (Å²) < 4.78 is 11.0. The van der Waals surface area contributed by atoms with E-state index in [4.69, 9.17) is 9.05 Å². The molecule has 0 bridgehead atoms. The number of rotatable bonds is 11. The highest BCUT2D eigenvalue weighted by atomic mass is 16.5. The highest BCUT2D eigenvalue weighted by Crippen LogP contribution is 2.39. The van der Waals surface area contributed by atoms with Crippen molar-refractivity contribution in [3.05, 3.63) is 41.8 Å². The lowest BCUT2D eigenvalue weighted by Crippen LogP contribution is -2.44. The van der Waals surface area contributed by atoms with Crippen LogP contribution in [0.1, 0.15) is 80.7 Å². The van der Waals surface area contributed by atoms with Crippen LogP contribution in [0, 0.1) is 0 Å². The number of carbonyl (C=O) groups is 1. The van der Waals surface area contributed by atoms with E-state index in [1.807, 2.05) is 34.1 Å². The number of likely N-dealkylation sites (tertiary alicyclic amines) is 1. The number of aromatic nitrogens is 4. The lowest BCUT2D eigenvalue weighted by atomic mass is 10.1. The summed E-state index contributed by atoms with van der Waals surface area (Å²) in [7, 11) is 4.16. The number of aryl methyl sites for hydroxylation is 1. The number of amides is 2. The summed E-state index contributed by atoms with van der Waals surface area (Å²) in [4.78, 5) is 29.0. The topological polar surface area (TPSA) is 105 Å². The molecule has 2 aromatic heterocycles. The summed E-state index contributed by atoms with van der Waals surface area (Å²) in [6, 6.07) is 8.37. The summed E-state index contributed by atoms with van der Waals surface area (Å²) in [5, 5.41) is 8.28. The van der Waals surface area contributed by atoms with Crippen LogP contribution in [0.25, 0.3) is 11.5 Å². The zero-order chi connectivity index (χ0) is 26.1. The van der Waals surface area contributed by atoms with Gasteiger partial charge in [-0.1, -0.05) is 22.8 Å². The Labute approximate surface area is 223 Å². The first-order valence-electron chi connectivity index (χ1n) is 14.0. The van der Waals surface area contributed by atoms with E-state index in [2.05, 4.69) is 39.3 Å². The molecule has 10 nitrogen and oxygen atoms in total. The maximum atomic E-state index is 13.8. The van der Waals surface area contributed by atoms with Crippen LogP contribution in [-0.2, 0) is 6.42 Å². The van der Waals surface area contributed by atoms with E-state index in [0.717, 1.165) is 86.8 Å². The zero-order valence-corrected chi connectivity index (χ0v) is 22.4. The molecular formula is C28H37N7O3. The molecule has 3 fully saturated rings. The Hall–Kier alpha value is -3.27. The van der Waals surface area contributed by atoms with E-state index < -0.39 is 0 Å². The number of hydrogen-bond donors (Lipinski definition) is 0. The third kappa shape index (κ3) is 5.75. The third-order valence-corrected chi connectivity index (χ3v) is 7.88. The molecule has 0 N–H and O–H groups in total. The maximum absolute atomic E-state index is 13.8. The van der Waals surface area contributed by atoms with Crippen LogP contribution in [0.4, 0.5) is 10.5 Å². The zero-order valence-electron chi connectivity index (χ0n) is 22.4. The smallest absolute Gasteiger partial charge is 0.324 e. The van der Waals surface area contributed by atoms with Crippen molar-refractivity contribution in [2.24, 2.45) is 0 Å². The van der Waals surface area contributed by atoms with Gasteiger partial charge >= 0.3 is 6.03 Å². The fourth-order valence-electron chi connectivity index (χ4n) is 5.11. The van der Waals surface area contributed by atoms with E-state index in [-0.39, 0.29) is 6.03 Å². The molecule has 2 saturated carbocycles. The van der Waals surface area contributed by atoms with Crippen LogP contribution in [0.15, 0.2) is 33.3 Å². The number of carbonyl (C=O) groups excluding carboxylic acids is 1. The first-order valence-corrected chi connectivity index (χ1v) is 14.0. The summed E-state index contributed by atoms with van der Waals surface area (Å²) in [6.45, 7) is 2.16. The fraction of sp³-hybridized carbons (Fsp3) is 0.607. The molecule has 3 heterocycles. The molecule has 3 aromatic rings. The van der Waals surface area contributed by atoms with Gasteiger partial charge < -0.3 is 18.8 Å². The second kappa shape index (κ2) is 10.8.